The lowest BCUT2D eigenvalue weighted by molar-refractivity contribution is -0.0868. The maximum absolute atomic E-state index is 9.41. The van der Waals surface area contributed by atoms with Gasteiger partial charge in [0.25, 0.3) is 0 Å². The number of hydrogen-bond donors (Lipinski definition) is 2. The van der Waals surface area contributed by atoms with Gasteiger partial charge >= 0.3 is 0 Å². The maximum Gasteiger partial charge on any atom is 0.148 e. The Balaban J connectivity index is 1.37. The highest BCUT2D eigenvalue weighted by Gasteiger charge is 2.52. The third-order valence-electron chi connectivity index (χ3n) is 4.54. The summed E-state index contributed by atoms with van der Waals surface area (Å²) in [4.78, 5) is 1.03. The number of halogens is 1. The molecule has 2 saturated carbocycles. The number of aliphatic hydroxyl groups is 1. The van der Waals surface area contributed by atoms with E-state index >= 15 is 0 Å². The van der Waals surface area contributed by atoms with Crippen LogP contribution in [0.25, 0.3) is 10.6 Å². The van der Waals surface area contributed by atoms with Crippen LogP contribution in [0, 0.1) is 5.41 Å². The van der Waals surface area contributed by atoms with Crippen LogP contribution in [0.3, 0.4) is 0 Å². The number of nitrogens with zero attached hydrogens (tertiary/aromatic N) is 2. The average Bonchev–Trinajstić information content (AvgIpc) is 2.82. The fraction of sp³-hybridized carbons (Fsp3) is 0.467. The van der Waals surface area contributed by atoms with Crippen LogP contribution in [0.4, 0.5) is 5.82 Å². The molecule has 2 aromatic heterocycles. The van der Waals surface area contributed by atoms with Gasteiger partial charge in [0.15, 0.2) is 0 Å². The molecule has 2 aliphatic carbocycles. The Morgan fingerprint density at radius 3 is 2.52 bits per heavy atom. The normalized spacial score (nSPS) is 30.8. The van der Waals surface area contributed by atoms with Gasteiger partial charge in [-0.1, -0.05) is 11.6 Å². The quantitative estimate of drug-likeness (QED) is 0.907. The second kappa shape index (κ2) is 4.93. The van der Waals surface area contributed by atoms with E-state index in [0.29, 0.717) is 11.5 Å². The topological polar surface area (TPSA) is 58.0 Å². The zero-order valence-electron chi connectivity index (χ0n) is 11.4. The molecule has 2 N–H and O–H groups in total. The highest BCUT2D eigenvalue weighted by Crippen LogP contribution is 2.56. The lowest BCUT2D eigenvalue weighted by Crippen LogP contribution is -2.54. The zero-order chi connectivity index (χ0) is 14.4. The Kier molecular flexibility index (Phi) is 3.17. The molecule has 2 heterocycles. The molecule has 0 aromatic carbocycles. The van der Waals surface area contributed by atoms with Crippen molar-refractivity contribution in [3.8, 4) is 10.6 Å². The van der Waals surface area contributed by atoms with Crippen LogP contribution in [0.5, 0.6) is 0 Å². The maximum atomic E-state index is 9.41. The van der Waals surface area contributed by atoms with Gasteiger partial charge in [-0.2, -0.15) is 0 Å². The second-order valence-corrected chi connectivity index (χ2v) is 7.93. The molecule has 2 fully saturated rings. The Labute approximate surface area is 132 Å². The Morgan fingerprint density at radius 1 is 1.14 bits per heavy atom. The van der Waals surface area contributed by atoms with Crippen molar-refractivity contribution < 1.29 is 5.11 Å². The molecule has 110 valence electrons. The van der Waals surface area contributed by atoms with Crippen LogP contribution < -0.4 is 5.32 Å². The average molecular weight is 322 g/mol. The van der Waals surface area contributed by atoms with Crippen molar-refractivity contribution >= 4 is 28.8 Å². The van der Waals surface area contributed by atoms with Gasteiger partial charge in [-0.15, -0.1) is 21.5 Å². The third-order valence-corrected chi connectivity index (χ3v) is 5.79. The molecule has 4 rings (SSSR count). The zero-order valence-corrected chi connectivity index (χ0v) is 13.0. The summed E-state index contributed by atoms with van der Waals surface area (Å²) in [6.45, 7) is 0. The smallest absolute Gasteiger partial charge is 0.148 e. The van der Waals surface area contributed by atoms with Crippen molar-refractivity contribution in [1.29, 1.82) is 0 Å². The standard InChI is InChI=1S/C15H16ClN3OS/c16-13-3-2-12(21-13)11-1-4-14(19-18-11)17-9-5-15(6-9)7-10(20)8-15/h1-4,9-10,20H,5-8H2,(H,17,19). The highest BCUT2D eigenvalue weighted by molar-refractivity contribution is 7.19. The van der Waals surface area contributed by atoms with Crippen LogP contribution >= 0.6 is 22.9 Å². The summed E-state index contributed by atoms with van der Waals surface area (Å²) in [6, 6.07) is 8.24. The van der Waals surface area contributed by atoms with Crippen molar-refractivity contribution in [2.75, 3.05) is 5.32 Å². The number of hydrogen-bond acceptors (Lipinski definition) is 5. The van der Waals surface area contributed by atoms with Gasteiger partial charge in [0.1, 0.15) is 11.5 Å². The van der Waals surface area contributed by atoms with E-state index < -0.39 is 0 Å². The van der Waals surface area contributed by atoms with Gasteiger partial charge in [-0.3, -0.25) is 0 Å². The summed E-state index contributed by atoms with van der Waals surface area (Å²) in [5.74, 6) is 0.820. The van der Waals surface area contributed by atoms with E-state index in [2.05, 4.69) is 15.5 Å². The molecule has 0 amide bonds. The van der Waals surface area contributed by atoms with Gasteiger partial charge < -0.3 is 10.4 Å². The number of thiophene rings is 1. The molecule has 21 heavy (non-hydrogen) atoms. The van der Waals surface area contributed by atoms with Crippen LogP contribution in [-0.4, -0.2) is 27.4 Å². The summed E-state index contributed by atoms with van der Waals surface area (Å²) >= 11 is 7.44. The number of nitrogens with one attached hydrogen (secondary N) is 1. The first-order valence-corrected chi connectivity index (χ1v) is 8.35. The minimum Gasteiger partial charge on any atom is -0.393 e. The van der Waals surface area contributed by atoms with Crippen molar-refractivity contribution in [2.24, 2.45) is 5.41 Å². The Bertz CT molecular complexity index is 643. The third kappa shape index (κ3) is 2.54. The van der Waals surface area contributed by atoms with Gasteiger partial charge in [-0.25, -0.2) is 0 Å². The molecule has 4 nitrogen and oxygen atoms in total. The molecule has 0 unspecified atom stereocenters. The van der Waals surface area contributed by atoms with Crippen molar-refractivity contribution in [3.63, 3.8) is 0 Å². The molecule has 0 bridgehead atoms. The summed E-state index contributed by atoms with van der Waals surface area (Å²) in [6.07, 6.45) is 4.13. The molecule has 2 aliphatic rings. The number of anilines is 1. The van der Waals surface area contributed by atoms with E-state index in [1.54, 1.807) is 0 Å². The SMILES string of the molecule is OC1CC2(C1)CC(Nc1ccc(-c3ccc(Cl)s3)nn1)C2. The molecule has 0 saturated heterocycles. The Hall–Kier alpha value is -1.17. The van der Waals surface area contributed by atoms with Crippen LogP contribution in [0.2, 0.25) is 4.34 Å². The molecule has 0 atom stereocenters. The monoisotopic (exact) mass is 321 g/mol. The van der Waals surface area contributed by atoms with Crippen molar-refractivity contribution in [3.05, 3.63) is 28.6 Å². The lowest BCUT2D eigenvalue weighted by Gasteiger charge is -2.56. The summed E-state index contributed by atoms with van der Waals surface area (Å²) in [5.41, 5.74) is 1.27. The van der Waals surface area contributed by atoms with Crippen LogP contribution in [0.15, 0.2) is 24.3 Å². The molecule has 1 spiro atoms. The summed E-state index contributed by atoms with van der Waals surface area (Å²) in [7, 11) is 0. The fourth-order valence-corrected chi connectivity index (χ4v) is 4.57. The molecule has 2 aromatic rings. The molecule has 6 heteroatoms. The van der Waals surface area contributed by atoms with Crippen molar-refractivity contribution in [1.82, 2.24) is 10.2 Å². The van der Waals surface area contributed by atoms with E-state index in [-0.39, 0.29) is 6.10 Å². The minimum absolute atomic E-state index is 0.0670. The first kappa shape index (κ1) is 13.5. The lowest BCUT2D eigenvalue weighted by atomic mass is 9.53. The summed E-state index contributed by atoms with van der Waals surface area (Å²) < 4.78 is 0.761. The number of aliphatic hydroxyl groups excluding tert-OH is 1. The van der Waals surface area contributed by atoms with E-state index in [1.807, 2.05) is 24.3 Å². The first-order valence-electron chi connectivity index (χ1n) is 7.16. The van der Waals surface area contributed by atoms with Gasteiger partial charge in [0.2, 0.25) is 0 Å². The van der Waals surface area contributed by atoms with Crippen molar-refractivity contribution in [2.45, 2.75) is 37.8 Å². The van der Waals surface area contributed by atoms with Crippen LogP contribution in [0.1, 0.15) is 25.7 Å². The minimum atomic E-state index is -0.0670. The molecular weight excluding hydrogens is 306 g/mol. The highest BCUT2D eigenvalue weighted by atomic mass is 35.5. The molecule has 0 radical (unpaired) electrons. The predicted molar refractivity (Wildman–Crippen MR) is 84.7 cm³/mol. The number of rotatable bonds is 3. The summed E-state index contributed by atoms with van der Waals surface area (Å²) in [5, 5.41) is 21.3. The van der Waals surface area contributed by atoms with E-state index in [9.17, 15) is 5.11 Å². The fourth-order valence-electron chi connectivity index (χ4n) is 3.56. The second-order valence-electron chi connectivity index (χ2n) is 6.22. The Morgan fingerprint density at radius 2 is 1.95 bits per heavy atom. The van der Waals surface area contributed by atoms with Gasteiger partial charge in [-0.05, 0) is 55.4 Å². The van der Waals surface area contributed by atoms with Gasteiger partial charge in [0, 0.05) is 6.04 Å². The molecule has 0 aliphatic heterocycles. The number of aromatic nitrogens is 2. The van der Waals surface area contributed by atoms with Crippen LogP contribution in [-0.2, 0) is 0 Å². The molecular formula is C15H16ClN3OS. The largest absolute Gasteiger partial charge is 0.393 e. The van der Waals surface area contributed by atoms with E-state index in [0.717, 1.165) is 46.4 Å². The first-order chi connectivity index (χ1) is 10.1. The van der Waals surface area contributed by atoms with Gasteiger partial charge in [0.05, 0.1) is 15.3 Å². The van der Waals surface area contributed by atoms with E-state index in [1.165, 1.54) is 11.3 Å². The predicted octanol–water partition coefficient (Wildman–Crippen LogP) is 3.57. The van der Waals surface area contributed by atoms with E-state index in [4.69, 9.17) is 11.6 Å².